The number of benzene rings is 1. The summed E-state index contributed by atoms with van der Waals surface area (Å²) in [5, 5.41) is 9.86. The highest BCUT2D eigenvalue weighted by atomic mass is 32.2. The van der Waals surface area contributed by atoms with Gasteiger partial charge in [-0.3, -0.25) is 14.5 Å². The van der Waals surface area contributed by atoms with Gasteiger partial charge in [0.05, 0.1) is 11.4 Å². The predicted octanol–water partition coefficient (Wildman–Crippen LogP) is 2.13. The molecule has 0 radical (unpaired) electrons. The lowest BCUT2D eigenvalue weighted by molar-refractivity contribution is -0.126. The number of carbonyl (C=O) groups is 1. The minimum absolute atomic E-state index is 0.0599. The summed E-state index contributed by atoms with van der Waals surface area (Å²) in [5.74, 6) is -0.143. The molecule has 1 aromatic heterocycles. The molecule has 0 bridgehead atoms. The Morgan fingerprint density at radius 3 is 2.48 bits per heavy atom. The van der Waals surface area contributed by atoms with Gasteiger partial charge < -0.3 is 5.32 Å². The van der Waals surface area contributed by atoms with E-state index < -0.39 is 15.8 Å². The zero-order valence-corrected chi connectivity index (χ0v) is 17.3. The first-order chi connectivity index (χ1) is 13.9. The second-order valence-electron chi connectivity index (χ2n) is 7.40. The molecule has 11 heteroatoms. The van der Waals surface area contributed by atoms with Crippen molar-refractivity contribution in [3.63, 3.8) is 0 Å². The molecule has 0 atom stereocenters. The van der Waals surface area contributed by atoms with Crippen molar-refractivity contribution in [2.45, 2.75) is 43.2 Å². The molecule has 0 spiro atoms. The highest BCUT2D eigenvalue weighted by Crippen LogP contribution is 2.35. The number of nitrogens with zero attached hydrogens (tertiary/aromatic N) is 3. The maximum atomic E-state index is 13.1. The SMILES string of the molecule is O=C(NCc1n[nH]c(=S)n1C1CC1)C1CCN(S(=O)(=O)c2ccc(F)cc2)CC1. The Morgan fingerprint density at radius 1 is 1.21 bits per heavy atom. The lowest BCUT2D eigenvalue weighted by Gasteiger charge is -2.30. The first-order valence-electron chi connectivity index (χ1n) is 9.55. The molecule has 1 aliphatic carbocycles. The molecule has 2 aromatic rings. The number of nitrogens with one attached hydrogen (secondary N) is 2. The molecule has 1 saturated heterocycles. The summed E-state index contributed by atoms with van der Waals surface area (Å²) in [7, 11) is -3.68. The van der Waals surface area contributed by atoms with Crippen molar-refractivity contribution in [2.75, 3.05) is 13.1 Å². The van der Waals surface area contributed by atoms with Gasteiger partial charge in [-0.2, -0.15) is 9.40 Å². The third kappa shape index (κ3) is 4.26. The number of piperidine rings is 1. The van der Waals surface area contributed by atoms with E-state index in [4.69, 9.17) is 12.2 Å². The fourth-order valence-corrected chi connectivity index (χ4v) is 5.37. The van der Waals surface area contributed by atoms with E-state index >= 15 is 0 Å². The van der Waals surface area contributed by atoms with Gasteiger partial charge in [-0.15, -0.1) is 0 Å². The van der Waals surface area contributed by atoms with Crippen LogP contribution in [0, 0.1) is 16.5 Å². The molecule has 156 valence electrons. The largest absolute Gasteiger partial charge is 0.349 e. The summed E-state index contributed by atoms with van der Waals surface area (Å²) >= 11 is 5.24. The number of halogens is 1. The number of aromatic nitrogens is 3. The van der Waals surface area contributed by atoms with Crippen molar-refractivity contribution in [3.8, 4) is 0 Å². The second-order valence-corrected chi connectivity index (χ2v) is 9.72. The zero-order valence-electron chi connectivity index (χ0n) is 15.7. The highest BCUT2D eigenvalue weighted by Gasteiger charge is 2.32. The number of carbonyl (C=O) groups excluding carboxylic acids is 1. The standard InChI is InChI=1S/C18H22FN5O3S2/c19-13-1-5-15(6-2-13)29(26,27)23-9-7-12(8-10-23)17(25)20-11-16-21-22-18(28)24(16)14-3-4-14/h1-2,5-6,12,14H,3-4,7-11H2,(H,20,25)(H,22,28). The molecule has 2 aliphatic rings. The van der Waals surface area contributed by atoms with Crippen molar-refractivity contribution in [2.24, 2.45) is 5.92 Å². The van der Waals surface area contributed by atoms with Crippen molar-refractivity contribution >= 4 is 28.1 Å². The lowest BCUT2D eigenvalue weighted by Crippen LogP contribution is -2.43. The molecule has 8 nitrogen and oxygen atoms in total. The van der Waals surface area contributed by atoms with Gasteiger partial charge in [0.2, 0.25) is 15.9 Å². The number of amides is 1. The number of aromatic amines is 1. The van der Waals surface area contributed by atoms with Crippen molar-refractivity contribution in [1.82, 2.24) is 24.4 Å². The molecular formula is C18H22FN5O3S2. The Morgan fingerprint density at radius 2 is 1.86 bits per heavy atom. The quantitative estimate of drug-likeness (QED) is 0.672. The minimum Gasteiger partial charge on any atom is -0.349 e. The van der Waals surface area contributed by atoms with E-state index in [9.17, 15) is 17.6 Å². The average Bonchev–Trinajstić information content (AvgIpc) is 3.48. The van der Waals surface area contributed by atoms with E-state index in [1.807, 2.05) is 4.57 Å². The molecule has 1 aliphatic heterocycles. The number of hydrogen-bond acceptors (Lipinski definition) is 5. The van der Waals surface area contributed by atoms with Gasteiger partial charge in [0.1, 0.15) is 5.82 Å². The van der Waals surface area contributed by atoms with Gasteiger partial charge in [-0.05, 0) is 62.2 Å². The van der Waals surface area contributed by atoms with Crippen LogP contribution in [0.5, 0.6) is 0 Å². The summed E-state index contributed by atoms with van der Waals surface area (Å²) in [6, 6.07) is 5.15. The van der Waals surface area contributed by atoms with Crippen molar-refractivity contribution < 1.29 is 17.6 Å². The van der Waals surface area contributed by atoms with Crippen LogP contribution in [0.25, 0.3) is 0 Å². The molecule has 1 saturated carbocycles. The number of sulfonamides is 1. The molecule has 2 fully saturated rings. The van der Waals surface area contributed by atoms with Crippen LogP contribution < -0.4 is 5.32 Å². The Kier molecular flexibility index (Phi) is 5.54. The van der Waals surface area contributed by atoms with E-state index in [1.54, 1.807) is 0 Å². The monoisotopic (exact) mass is 439 g/mol. The van der Waals surface area contributed by atoms with Gasteiger partial charge >= 0.3 is 0 Å². The fourth-order valence-electron chi connectivity index (χ4n) is 3.60. The highest BCUT2D eigenvalue weighted by molar-refractivity contribution is 7.89. The van der Waals surface area contributed by atoms with Crippen molar-refractivity contribution in [1.29, 1.82) is 0 Å². The number of H-pyrrole nitrogens is 1. The van der Waals surface area contributed by atoms with Gasteiger partial charge in [0.15, 0.2) is 10.6 Å². The Hall–Kier alpha value is -2.11. The lowest BCUT2D eigenvalue weighted by atomic mass is 9.97. The fraction of sp³-hybridized carbons (Fsp3) is 0.500. The first kappa shape index (κ1) is 20.2. The second kappa shape index (κ2) is 7.96. The van der Waals surface area contributed by atoms with Crippen LogP contribution in [-0.2, 0) is 21.4 Å². The van der Waals surface area contributed by atoms with E-state index in [0.717, 1.165) is 25.0 Å². The molecule has 0 unspecified atom stereocenters. The smallest absolute Gasteiger partial charge is 0.243 e. The molecule has 2 N–H and O–H groups in total. The zero-order chi connectivity index (χ0) is 20.6. The van der Waals surface area contributed by atoms with Crippen LogP contribution in [0.15, 0.2) is 29.2 Å². The topological polar surface area (TPSA) is 100 Å². The van der Waals surface area contributed by atoms with Gasteiger partial charge in [-0.1, -0.05) is 0 Å². The van der Waals surface area contributed by atoms with Gasteiger partial charge in [-0.25, -0.2) is 12.8 Å². The maximum absolute atomic E-state index is 13.1. The summed E-state index contributed by atoms with van der Waals surface area (Å²) in [4.78, 5) is 12.6. The van der Waals surface area contributed by atoms with Crippen LogP contribution in [-0.4, -0.2) is 46.5 Å². The van der Waals surface area contributed by atoms with Crippen LogP contribution >= 0.6 is 12.2 Å². The average molecular weight is 440 g/mol. The molecule has 2 heterocycles. The van der Waals surface area contributed by atoms with Gasteiger partial charge in [0.25, 0.3) is 0 Å². The summed E-state index contributed by atoms with van der Waals surface area (Å²) in [5.41, 5.74) is 0. The van der Waals surface area contributed by atoms with Crippen LogP contribution in [0.4, 0.5) is 4.39 Å². The van der Waals surface area contributed by atoms with E-state index in [1.165, 1.54) is 16.4 Å². The Balaban J connectivity index is 1.33. The van der Waals surface area contributed by atoms with Crippen LogP contribution in [0.1, 0.15) is 37.5 Å². The maximum Gasteiger partial charge on any atom is 0.243 e. The third-order valence-corrected chi connectivity index (χ3v) is 7.59. The predicted molar refractivity (Wildman–Crippen MR) is 105 cm³/mol. The molecule has 4 rings (SSSR count). The molecule has 1 amide bonds. The Bertz CT molecular complexity index is 1050. The van der Waals surface area contributed by atoms with Crippen LogP contribution in [0.2, 0.25) is 0 Å². The third-order valence-electron chi connectivity index (χ3n) is 5.39. The molecular weight excluding hydrogens is 417 g/mol. The number of hydrogen-bond donors (Lipinski definition) is 2. The first-order valence-corrected chi connectivity index (χ1v) is 11.4. The number of rotatable bonds is 6. The van der Waals surface area contributed by atoms with E-state index in [-0.39, 0.29) is 36.4 Å². The molecule has 1 aromatic carbocycles. The van der Waals surface area contributed by atoms with Gasteiger partial charge in [0, 0.05) is 25.0 Å². The van der Waals surface area contributed by atoms with E-state index in [0.29, 0.717) is 29.5 Å². The normalized spacial score (nSPS) is 18.7. The van der Waals surface area contributed by atoms with Crippen LogP contribution in [0.3, 0.4) is 0 Å². The summed E-state index contributed by atoms with van der Waals surface area (Å²) in [6.45, 7) is 0.785. The minimum atomic E-state index is -3.68. The Labute approximate surface area is 173 Å². The summed E-state index contributed by atoms with van der Waals surface area (Å²) < 4.78 is 42.3. The molecule has 29 heavy (non-hydrogen) atoms. The van der Waals surface area contributed by atoms with Crippen molar-refractivity contribution in [3.05, 3.63) is 40.7 Å². The summed E-state index contributed by atoms with van der Waals surface area (Å²) in [6.07, 6.45) is 3.00. The van der Waals surface area contributed by atoms with E-state index in [2.05, 4.69) is 15.5 Å².